The SMILES string of the molecule is O=C(COC(=O)c1cc2c(s1)CCCC2)Nc1ccc(S(=O)(=O)N2CCOCC2)cc1. The summed E-state index contributed by atoms with van der Waals surface area (Å²) >= 11 is 1.44. The molecule has 10 heteroatoms. The molecule has 8 nitrogen and oxygen atoms in total. The Morgan fingerprint density at radius 2 is 1.81 bits per heavy atom. The smallest absolute Gasteiger partial charge is 0.348 e. The van der Waals surface area contributed by atoms with Gasteiger partial charge in [0.2, 0.25) is 10.0 Å². The van der Waals surface area contributed by atoms with Gasteiger partial charge in [0.15, 0.2) is 6.61 Å². The first kappa shape index (κ1) is 21.9. The lowest BCUT2D eigenvalue weighted by atomic mass is 9.99. The number of carbonyl (C=O) groups is 2. The predicted octanol–water partition coefficient (Wildman–Crippen LogP) is 2.44. The van der Waals surface area contributed by atoms with Gasteiger partial charge in [0, 0.05) is 23.7 Å². The second-order valence-electron chi connectivity index (χ2n) is 7.43. The van der Waals surface area contributed by atoms with Gasteiger partial charge in [-0.2, -0.15) is 4.31 Å². The van der Waals surface area contributed by atoms with E-state index in [0.29, 0.717) is 36.9 Å². The van der Waals surface area contributed by atoms with E-state index in [9.17, 15) is 18.0 Å². The molecule has 0 unspecified atom stereocenters. The Hall–Kier alpha value is -2.27. The second-order valence-corrected chi connectivity index (χ2v) is 10.5. The molecule has 0 bridgehead atoms. The summed E-state index contributed by atoms with van der Waals surface area (Å²) in [4.78, 5) is 26.3. The maximum Gasteiger partial charge on any atom is 0.348 e. The Kier molecular flexibility index (Phi) is 6.71. The van der Waals surface area contributed by atoms with Crippen LogP contribution in [0.4, 0.5) is 5.69 Å². The zero-order valence-electron chi connectivity index (χ0n) is 17.0. The van der Waals surface area contributed by atoms with E-state index in [1.807, 2.05) is 6.07 Å². The Morgan fingerprint density at radius 3 is 2.52 bits per heavy atom. The van der Waals surface area contributed by atoms with E-state index in [1.165, 1.54) is 50.3 Å². The number of amides is 1. The van der Waals surface area contributed by atoms with Crippen LogP contribution in [0.3, 0.4) is 0 Å². The number of hydrogen-bond acceptors (Lipinski definition) is 7. The van der Waals surface area contributed by atoms with E-state index in [4.69, 9.17) is 9.47 Å². The highest BCUT2D eigenvalue weighted by Crippen LogP contribution is 2.30. The summed E-state index contributed by atoms with van der Waals surface area (Å²) in [6.45, 7) is 0.981. The average molecular weight is 465 g/mol. The standard InChI is InChI=1S/C21H24N2O6S2/c24-20(14-29-21(25)19-13-15-3-1-2-4-18(15)30-19)22-16-5-7-17(8-6-16)31(26,27)23-9-11-28-12-10-23/h5-8,13H,1-4,9-12,14H2,(H,22,24). The van der Waals surface area contributed by atoms with Crippen molar-refractivity contribution >= 4 is 38.9 Å². The number of rotatable bonds is 6. The highest BCUT2D eigenvalue weighted by atomic mass is 32.2. The fourth-order valence-corrected chi connectivity index (χ4v) is 6.19. The Labute approximate surface area is 185 Å². The molecule has 2 heterocycles. The Bertz CT molecular complexity index is 1030. The zero-order valence-corrected chi connectivity index (χ0v) is 18.6. The van der Waals surface area contributed by atoms with Crippen molar-refractivity contribution in [1.29, 1.82) is 0 Å². The molecule has 2 aromatic rings. The van der Waals surface area contributed by atoms with Gasteiger partial charge in [-0.15, -0.1) is 11.3 Å². The van der Waals surface area contributed by atoms with Gasteiger partial charge in [0.25, 0.3) is 5.91 Å². The Morgan fingerprint density at radius 1 is 1.10 bits per heavy atom. The number of carbonyl (C=O) groups excluding carboxylic acids is 2. The molecule has 1 aromatic carbocycles. The molecular formula is C21H24N2O6S2. The van der Waals surface area contributed by atoms with E-state index >= 15 is 0 Å². The van der Waals surface area contributed by atoms with Gasteiger partial charge >= 0.3 is 5.97 Å². The summed E-state index contributed by atoms with van der Waals surface area (Å²) in [6, 6.07) is 7.79. The quantitative estimate of drug-likeness (QED) is 0.659. The number of nitrogens with one attached hydrogen (secondary N) is 1. The van der Waals surface area contributed by atoms with Crippen molar-refractivity contribution in [2.45, 2.75) is 30.6 Å². The molecule has 0 atom stereocenters. The summed E-state index contributed by atoms with van der Waals surface area (Å²) in [5.41, 5.74) is 1.63. The predicted molar refractivity (Wildman–Crippen MR) is 116 cm³/mol. The van der Waals surface area contributed by atoms with Gasteiger partial charge in [0.05, 0.1) is 18.1 Å². The van der Waals surface area contributed by atoms with Crippen LogP contribution in [0.5, 0.6) is 0 Å². The summed E-state index contributed by atoms with van der Waals surface area (Å²) in [5.74, 6) is -0.986. The number of thiophene rings is 1. The topological polar surface area (TPSA) is 102 Å². The number of aryl methyl sites for hydroxylation is 2. The Balaban J connectivity index is 1.30. The van der Waals surface area contributed by atoms with Crippen molar-refractivity contribution in [2.24, 2.45) is 0 Å². The third-order valence-electron chi connectivity index (χ3n) is 5.28. The number of morpholine rings is 1. The summed E-state index contributed by atoms with van der Waals surface area (Å²) in [6.07, 6.45) is 4.24. The molecule has 1 N–H and O–H groups in total. The first-order valence-corrected chi connectivity index (χ1v) is 12.5. The second kappa shape index (κ2) is 9.47. The number of esters is 1. The number of fused-ring (bicyclic) bond motifs is 1. The molecule has 0 radical (unpaired) electrons. The summed E-state index contributed by atoms with van der Waals surface area (Å²) in [7, 11) is -3.59. The van der Waals surface area contributed by atoms with Gasteiger partial charge in [-0.1, -0.05) is 0 Å². The molecule has 1 aliphatic heterocycles. The first-order valence-electron chi connectivity index (χ1n) is 10.2. The van der Waals surface area contributed by atoms with Crippen LogP contribution < -0.4 is 5.32 Å². The summed E-state index contributed by atoms with van der Waals surface area (Å²) in [5, 5.41) is 2.61. The van der Waals surface area contributed by atoms with Crippen molar-refractivity contribution < 1.29 is 27.5 Å². The third-order valence-corrected chi connectivity index (χ3v) is 8.41. The van der Waals surface area contributed by atoms with Crippen LogP contribution in [0.25, 0.3) is 0 Å². The van der Waals surface area contributed by atoms with Crippen LogP contribution in [0, 0.1) is 0 Å². The molecule has 0 spiro atoms. The van der Waals surface area contributed by atoms with Crippen LogP contribution >= 0.6 is 11.3 Å². The van der Waals surface area contributed by atoms with Crippen molar-refractivity contribution in [3.63, 3.8) is 0 Å². The molecule has 1 amide bonds. The van der Waals surface area contributed by atoms with E-state index in [-0.39, 0.29) is 4.90 Å². The number of benzene rings is 1. The first-order chi connectivity index (χ1) is 14.9. The number of ether oxygens (including phenoxy) is 2. The highest BCUT2D eigenvalue weighted by Gasteiger charge is 2.26. The molecule has 1 aliphatic carbocycles. The maximum atomic E-state index is 12.6. The van der Waals surface area contributed by atoms with Crippen molar-refractivity contribution in [2.75, 3.05) is 38.2 Å². The number of sulfonamides is 1. The normalized spacial score (nSPS) is 17.0. The van der Waals surface area contributed by atoms with Gasteiger partial charge in [-0.05, 0) is 61.6 Å². The highest BCUT2D eigenvalue weighted by molar-refractivity contribution is 7.89. The average Bonchev–Trinajstić information content (AvgIpc) is 3.23. The van der Waals surface area contributed by atoms with E-state index in [1.54, 1.807) is 0 Å². The molecule has 1 saturated heterocycles. The number of anilines is 1. The fraction of sp³-hybridized carbons (Fsp3) is 0.429. The molecule has 2 aliphatic rings. The van der Waals surface area contributed by atoms with Crippen LogP contribution in [-0.4, -0.2) is 57.5 Å². The summed E-state index contributed by atoms with van der Waals surface area (Å²) < 4.78 is 37.0. The lowest BCUT2D eigenvalue weighted by Crippen LogP contribution is -2.40. The van der Waals surface area contributed by atoms with Gasteiger partial charge in [-0.25, -0.2) is 13.2 Å². The minimum absolute atomic E-state index is 0.153. The van der Waals surface area contributed by atoms with E-state index in [2.05, 4.69) is 5.32 Å². The van der Waals surface area contributed by atoms with E-state index in [0.717, 1.165) is 25.7 Å². The third kappa shape index (κ3) is 5.15. The fourth-order valence-electron chi connectivity index (χ4n) is 3.64. The largest absolute Gasteiger partial charge is 0.451 e. The molecular weight excluding hydrogens is 440 g/mol. The number of nitrogens with zero attached hydrogens (tertiary/aromatic N) is 1. The minimum atomic E-state index is -3.59. The number of hydrogen-bond donors (Lipinski definition) is 1. The van der Waals surface area contributed by atoms with Crippen LogP contribution in [0.15, 0.2) is 35.2 Å². The van der Waals surface area contributed by atoms with Crippen molar-refractivity contribution in [1.82, 2.24) is 4.31 Å². The van der Waals surface area contributed by atoms with Gasteiger partial charge in [0.1, 0.15) is 4.88 Å². The molecule has 0 saturated carbocycles. The zero-order chi connectivity index (χ0) is 21.8. The maximum absolute atomic E-state index is 12.6. The molecule has 1 aromatic heterocycles. The van der Waals surface area contributed by atoms with E-state index < -0.39 is 28.5 Å². The lowest BCUT2D eigenvalue weighted by Gasteiger charge is -2.26. The van der Waals surface area contributed by atoms with Gasteiger partial charge < -0.3 is 14.8 Å². The van der Waals surface area contributed by atoms with Crippen LogP contribution in [0.2, 0.25) is 0 Å². The lowest BCUT2D eigenvalue weighted by molar-refractivity contribution is -0.119. The molecule has 31 heavy (non-hydrogen) atoms. The minimum Gasteiger partial charge on any atom is -0.451 e. The van der Waals surface area contributed by atoms with Gasteiger partial charge in [-0.3, -0.25) is 4.79 Å². The molecule has 166 valence electrons. The van der Waals surface area contributed by atoms with Crippen LogP contribution in [0.1, 0.15) is 33.0 Å². The molecule has 1 fully saturated rings. The van der Waals surface area contributed by atoms with Crippen LogP contribution in [-0.2, 0) is 37.1 Å². The van der Waals surface area contributed by atoms with Crippen molar-refractivity contribution in [3.05, 3.63) is 45.6 Å². The molecule has 4 rings (SSSR count). The van der Waals surface area contributed by atoms with Crippen molar-refractivity contribution in [3.8, 4) is 0 Å². The monoisotopic (exact) mass is 464 g/mol.